The van der Waals surface area contributed by atoms with Crippen molar-refractivity contribution in [1.29, 1.82) is 0 Å². The zero-order valence-corrected chi connectivity index (χ0v) is 26.0. The topological polar surface area (TPSA) is 131 Å². The maximum absolute atomic E-state index is 14.1. The molecule has 0 radical (unpaired) electrons. The summed E-state index contributed by atoms with van der Waals surface area (Å²) in [7, 11) is 1.54. The number of hydrogen-bond acceptors (Lipinski definition) is 10. The molecule has 0 bridgehead atoms. The average molecular weight is 630 g/mol. The molecule has 0 unspecified atom stereocenters. The SMILES string of the molecule is CCOC(=O)C1=C(C)N=c2s/c(=C/c3ccccc3OCc3ccc([N+](=O)[O-])cc3)c(=O)n2[C@@H]1c1ccc(OC)c(OCC)c1. The predicted molar refractivity (Wildman–Crippen MR) is 168 cm³/mol. The lowest BCUT2D eigenvalue weighted by atomic mass is 9.95. The molecule has 1 aliphatic rings. The second-order valence-corrected chi connectivity index (χ2v) is 10.9. The normalized spacial score (nSPS) is 14.4. The van der Waals surface area contributed by atoms with Gasteiger partial charge in [0, 0.05) is 17.7 Å². The van der Waals surface area contributed by atoms with Crippen LogP contribution in [0.3, 0.4) is 0 Å². The Morgan fingerprint density at radius 1 is 1.02 bits per heavy atom. The van der Waals surface area contributed by atoms with Gasteiger partial charge in [-0.15, -0.1) is 0 Å². The molecule has 1 aromatic heterocycles. The molecule has 0 spiro atoms. The van der Waals surface area contributed by atoms with Crippen LogP contribution in [0.15, 0.2) is 87.8 Å². The van der Waals surface area contributed by atoms with Crippen LogP contribution >= 0.6 is 11.3 Å². The van der Waals surface area contributed by atoms with Crippen molar-refractivity contribution in [2.24, 2.45) is 4.99 Å². The highest BCUT2D eigenvalue weighted by atomic mass is 32.1. The van der Waals surface area contributed by atoms with Crippen LogP contribution in [0.25, 0.3) is 6.08 Å². The number of rotatable bonds is 11. The standard InChI is InChI=1S/C33H31N3O8S/c1-5-42-27-17-23(13-16-26(27)41-4)30-29(32(38)43-6-2)20(3)34-33-35(30)31(37)28(45-33)18-22-9-7-8-10-25(22)44-19-21-11-14-24(15-12-21)36(39)40/h7-18,30H,5-6,19H2,1-4H3/b28-18+/t30-/m1/s1. The van der Waals surface area contributed by atoms with Crippen molar-refractivity contribution in [3.63, 3.8) is 0 Å². The van der Waals surface area contributed by atoms with Gasteiger partial charge in [-0.05, 0) is 68.3 Å². The van der Waals surface area contributed by atoms with Crippen molar-refractivity contribution in [2.45, 2.75) is 33.4 Å². The second-order valence-electron chi connectivity index (χ2n) is 9.90. The van der Waals surface area contributed by atoms with Gasteiger partial charge >= 0.3 is 5.97 Å². The molecule has 0 saturated heterocycles. The molecule has 0 aliphatic carbocycles. The predicted octanol–water partition coefficient (Wildman–Crippen LogP) is 4.69. The summed E-state index contributed by atoms with van der Waals surface area (Å²) in [6, 6.07) is 17.9. The third-order valence-electron chi connectivity index (χ3n) is 7.07. The minimum Gasteiger partial charge on any atom is -0.493 e. The highest BCUT2D eigenvalue weighted by molar-refractivity contribution is 7.07. The Labute approximate surface area is 262 Å². The quantitative estimate of drug-likeness (QED) is 0.133. The first kappa shape index (κ1) is 31.2. The molecule has 0 N–H and O–H groups in total. The number of aromatic nitrogens is 1. The smallest absolute Gasteiger partial charge is 0.338 e. The zero-order valence-electron chi connectivity index (χ0n) is 25.1. The molecule has 232 valence electrons. The number of hydrogen-bond donors (Lipinski definition) is 0. The van der Waals surface area contributed by atoms with Crippen LogP contribution < -0.4 is 29.1 Å². The Balaban J connectivity index is 1.58. The number of carbonyl (C=O) groups is 1. The van der Waals surface area contributed by atoms with Gasteiger partial charge in [-0.2, -0.15) is 0 Å². The van der Waals surface area contributed by atoms with E-state index in [9.17, 15) is 19.7 Å². The maximum atomic E-state index is 14.1. The highest BCUT2D eigenvalue weighted by Gasteiger charge is 2.34. The van der Waals surface area contributed by atoms with Crippen LogP contribution in [0.1, 0.15) is 43.5 Å². The number of allylic oxidation sites excluding steroid dienone is 1. The number of benzene rings is 3. The molecular weight excluding hydrogens is 598 g/mol. The van der Waals surface area contributed by atoms with Crippen molar-refractivity contribution < 1.29 is 28.7 Å². The number of methoxy groups -OCH3 is 1. The van der Waals surface area contributed by atoms with Gasteiger partial charge in [-0.1, -0.05) is 35.6 Å². The van der Waals surface area contributed by atoms with E-state index in [0.717, 1.165) is 5.56 Å². The van der Waals surface area contributed by atoms with E-state index in [4.69, 9.17) is 18.9 Å². The Morgan fingerprint density at radius 3 is 2.47 bits per heavy atom. The third kappa shape index (κ3) is 6.50. The average Bonchev–Trinajstić information content (AvgIpc) is 3.34. The lowest BCUT2D eigenvalue weighted by Crippen LogP contribution is -2.40. The molecule has 11 nitrogen and oxygen atoms in total. The molecule has 12 heteroatoms. The molecule has 1 aliphatic heterocycles. The van der Waals surface area contributed by atoms with Crippen LogP contribution in [0.4, 0.5) is 5.69 Å². The third-order valence-corrected chi connectivity index (χ3v) is 8.05. The summed E-state index contributed by atoms with van der Waals surface area (Å²) in [5.41, 5.74) is 2.42. The van der Waals surface area contributed by atoms with Gasteiger partial charge in [0.25, 0.3) is 11.2 Å². The van der Waals surface area contributed by atoms with Crippen LogP contribution in [0, 0.1) is 10.1 Å². The van der Waals surface area contributed by atoms with E-state index in [1.165, 1.54) is 28.0 Å². The van der Waals surface area contributed by atoms with Crippen molar-refractivity contribution in [2.75, 3.05) is 20.3 Å². The first-order valence-corrected chi connectivity index (χ1v) is 15.0. The molecule has 45 heavy (non-hydrogen) atoms. The summed E-state index contributed by atoms with van der Waals surface area (Å²) < 4.78 is 24.6. The molecule has 3 aromatic carbocycles. The van der Waals surface area contributed by atoms with Crippen LogP contribution in [0.5, 0.6) is 17.2 Å². The maximum Gasteiger partial charge on any atom is 0.338 e. The molecule has 5 rings (SSSR count). The number of carbonyl (C=O) groups excluding carboxylic acids is 1. The summed E-state index contributed by atoms with van der Waals surface area (Å²) in [4.78, 5) is 43.0. The van der Waals surface area contributed by atoms with E-state index in [1.807, 2.05) is 25.1 Å². The first-order valence-electron chi connectivity index (χ1n) is 14.2. The van der Waals surface area contributed by atoms with E-state index >= 15 is 0 Å². The minimum absolute atomic E-state index is 0.00191. The Bertz CT molecular complexity index is 1960. The molecule has 0 fully saturated rings. The Morgan fingerprint density at radius 2 is 1.78 bits per heavy atom. The molecule has 0 saturated carbocycles. The number of ether oxygens (including phenoxy) is 4. The van der Waals surface area contributed by atoms with E-state index in [0.29, 0.717) is 50.0 Å². The van der Waals surface area contributed by atoms with Crippen LogP contribution in [0.2, 0.25) is 0 Å². The largest absolute Gasteiger partial charge is 0.493 e. The fourth-order valence-corrected chi connectivity index (χ4v) is 6.02. The summed E-state index contributed by atoms with van der Waals surface area (Å²) in [6.45, 7) is 6.04. The van der Waals surface area contributed by atoms with Crippen molar-refractivity contribution in [1.82, 2.24) is 4.57 Å². The first-order chi connectivity index (χ1) is 21.7. The number of thiazole rings is 1. The minimum atomic E-state index is -0.818. The number of nitro benzene ring substituents is 1. The zero-order chi connectivity index (χ0) is 32.1. The Hall–Kier alpha value is -5.23. The van der Waals surface area contributed by atoms with Gasteiger partial charge in [-0.3, -0.25) is 19.5 Å². The van der Waals surface area contributed by atoms with Gasteiger partial charge in [0.2, 0.25) is 0 Å². The van der Waals surface area contributed by atoms with Crippen LogP contribution in [-0.2, 0) is 16.1 Å². The summed E-state index contributed by atoms with van der Waals surface area (Å²) in [5, 5.41) is 11.0. The molecule has 2 heterocycles. The van der Waals surface area contributed by atoms with Crippen molar-refractivity contribution in [3.8, 4) is 17.2 Å². The number of para-hydroxylation sites is 1. The van der Waals surface area contributed by atoms with Crippen molar-refractivity contribution in [3.05, 3.63) is 124 Å². The fraction of sp³-hybridized carbons (Fsp3) is 0.242. The lowest BCUT2D eigenvalue weighted by molar-refractivity contribution is -0.384. The van der Waals surface area contributed by atoms with E-state index in [-0.39, 0.29) is 30.0 Å². The number of esters is 1. The number of non-ortho nitro benzene ring substituents is 1. The monoisotopic (exact) mass is 629 g/mol. The number of nitrogens with zero attached hydrogens (tertiary/aromatic N) is 3. The van der Waals surface area contributed by atoms with Gasteiger partial charge in [0.05, 0.1) is 47.1 Å². The van der Waals surface area contributed by atoms with Crippen LogP contribution in [-0.4, -0.2) is 35.8 Å². The molecule has 0 amide bonds. The highest BCUT2D eigenvalue weighted by Crippen LogP contribution is 2.36. The van der Waals surface area contributed by atoms with E-state index < -0.39 is 16.9 Å². The fourth-order valence-electron chi connectivity index (χ4n) is 4.99. The molecule has 1 atom stereocenters. The lowest BCUT2D eigenvalue weighted by Gasteiger charge is -2.25. The van der Waals surface area contributed by atoms with Crippen molar-refractivity contribution >= 4 is 29.1 Å². The number of fused-ring (bicyclic) bond motifs is 1. The summed E-state index contributed by atoms with van der Waals surface area (Å²) in [6.07, 6.45) is 1.73. The second kappa shape index (κ2) is 13.6. The van der Waals surface area contributed by atoms with Gasteiger partial charge < -0.3 is 18.9 Å². The van der Waals surface area contributed by atoms with Gasteiger partial charge in [-0.25, -0.2) is 9.79 Å². The molecular formula is C33H31N3O8S. The summed E-state index contributed by atoms with van der Waals surface area (Å²) in [5.74, 6) is 0.975. The van der Waals surface area contributed by atoms with E-state index in [2.05, 4.69) is 4.99 Å². The van der Waals surface area contributed by atoms with Gasteiger partial charge in [0.15, 0.2) is 16.3 Å². The van der Waals surface area contributed by atoms with E-state index in [1.54, 1.807) is 63.4 Å². The number of nitro groups is 1. The van der Waals surface area contributed by atoms with Gasteiger partial charge in [0.1, 0.15) is 12.4 Å². The Kier molecular flexibility index (Phi) is 9.43. The summed E-state index contributed by atoms with van der Waals surface area (Å²) >= 11 is 1.20. The molecule has 4 aromatic rings.